The van der Waals surface area contributed by atoms with Crippen molar-refractivity contribution >= 4 is 11.8 Å². The fourth-order valence-electron chi connectivity index (χ4n) is 1.44. The van der Waals surface area contributed by atoms with Gasteiger partial charge in [-0.3, -0.25) is 0 Å². The first-order valence-corrected chi connectivity index (χ1v) is 6.76. The lowest BCUT2D eigenvalue weighted by Gasteiger charge is -2.08. The largest absolute Gasteiger partial charge is 0.317 e. The van der Waals surface area contributed by atoms with Crippen LogP contribution in [0.2, 0.25) is 0 Å². The highest BCUT2D eigenvalue weighted by atomic mass is 32.2. The molecule has 3 heteroatoms. The fraction of sp³-hybridized carbons (Fsp3) is 0.538. The summed E-state index contributed by atoms with van der Waals surface area (Å²) >= 11 is 1.73. The van der Waals surface area contributed by atoms with Crippen molar-refractivity contribution in [3.63, 3.8) is 0 Å². The van der Waals surface area contributed by atoms with Crippen LogP contribution >= 0.6 is 11.8 Å². The lowest BCUT2D eigenvalue weighted by atomic mass is 10.1. The molecule has 1 atom stereocenters. The van der Waals surface area contributed by atoms with Gasteiger partial charge in [0.25, 0.3) is 0 Å². The van der Waals surface area contributed by atoms with Crippen molar-refractivity contribution in [2.24, 2.45) is 0 Å². The summed E-state index contributed by atoms with van der Waals surface area (Å²) in [5, 5.41) is 3.22. The molecule has 0 heterocycles. The van der Waals surface area contributed by atoms with Crippen LogP contribution in [-0.4, -0.2) is 18.8 Å². The van der Waals surface area contributed by atoms with Gasteiger partial charge in [0.2, 0.25) is 0 Å². The van der Waals surface area contributed by atoms with Gasteiger partial charge in [-0.1, -0.05) is 12.5 Å². The Kier molecular flexibility index (Phi) is 6.50. The molecule has 0 fully saturated rings. The molecule has 0 amide bonds. The van der Waals surface area contributed by atoms with Gasteiger partial charge >= 0.3 is 0 Å². The number of nitrogens with one attached hydrogen (secondary N) is 1. The zero-order valence-electron chi connectivity index (χ0n) is 10.0. The number of halogens is 1. The van der Waals surface area contributed by atoms with E-state index in [1.54, 1.807) is 23.9 Å². The second-order valence-electron chi connectivity index (χ2n) is 3.99. The minimum Gasteiger partial charge on any atom is -0.317 e. The third-order valence-corrected chi connectivity index (χ3v) is 3.67. The zero-order chi connectivity index (χ0) is 11.8. The van der Waals surface area contributed by atoms with E-state index in [4.69, 9.17) is 0 Å². The van der Waals surface area contributed by atoms with Gasteiger partial charge in [-0.15, -0.1) is 11.8 Å². The Hall–Kier alpha value is -0.540. The van der Waals surface area contributed by atoms with Crippen LogP contribution < -0.4 is 5.32 Å². The summed E-state index contributed by atoms with van der Waals surface area (Å²) in [5.74, 6) is 0.925. The number of benzene rings is 1. The van der Waals surface area contributed by atoms with Gasteiger partial charge in [-0.25, -0.2) is 4.39 Å². The fourth-order valence-corrected chi connectivity index (χ4v) is 2.40. The molecule has 90 valence electrons. The van der Waals surface area contributed by atoms with E-state index < -0.39 is 0 Å². The highest BCUT2D eigenvalue weighted by Crippen LogP contribution is 2.20. The summed E-state index contributed by atoms with van der Waals surface area (Å²) in [6, 6.07) is 7.41. The predicted molar refractivity (Wildman–Crippen MR) is 69.5 cm³/mol. The smallest absolute Gasteiger partial charge is 0.124 e. The van der Waals surface area contributed by atoms with Crippen LogP contribution in [0.25, 0.3) is 0 Å². The van der Waals surface area contributed by atoms with Crippen molar-refractivity contribution in [3.05, 3.63) is 30.1 Å². The first-order valence-electron chi connectivity index (χ1n) is 5.78. The van der Waals surface area contributed by atoms with Gasteiger partial charge in [0.1, 0.15) is 5.82 Å². The van der Waals surface area contributed by atoms with Crippen molar-refractivity contribution in [1.29, 1.82) is 0 Å². The van der Waals surface area contributed by atoms with Gasteiger partial charge in [0.15, 0.2) is 0 Å². The van der Waals surface area contributed by atoms with Crippen LogP contribution in [0.5, 0.6) is 0 Å². The molecule has 1 rings (SSSR count). The summed E-state index contributed by atoms with van der Waals surface area (Å²) in [4.78, 5) is 1.03. The molecule has 0 aliphatic heterocycles. The number of hydrogen-bond acceptors (Lipinski definition) is 2. The third kappa shape index (κ3) is 5.52. The highest BCUT2D eigenvalue weighted by Gasteiger charge is 1.99. The van der Waals surface area contributed by atoms with Crippen LogP contribution in [0, 0.1) is 5.82 Å². The Labute approximate surface area is 102 Å². The topological polar surface area (TPSA) is 12.0 Å². The van der Waals surface area contributed by atoms with Crippen LogP contribution in [0.4, 0.5) is 4.39 Å². The summed E-state index contributed by atoms with van der Waals surface area (Å²) < 4.78 is 12.9. The van der Waals surface area contributed by atoms with Gasteiger partial charge in [0.05, 0.1) is 0 Å². The van der Waals surface area contributed by atoms with Crippen molar-refractivity contribution in [1.82, 2.24) is 5.32 Å². The molecule has 1 aromatic carbocycles. The van der Waals surface area contributed by atoms with E-state index in [-0.39, 0.29) is 5.82 Å². The maximum atomic E-state index is 12.9. The Morgan fingerprint density at radius 3 is 2.88 bits per heavy atom. The molecule has 1 aromatic rings. The first-order chi connectivity index (χ1) is 7.72. The van der Waals surface area contributed by atoms with Crippen molar-refractivity contribution in [3.8, 4) is 0 Å². The van der Waals surface area contributed by atoms with Crippen LogP contribution in [0.1, 0.15) is 26.2 Å². The average molecular weight is 241 g/mol. The molecule has 1 N–H and O–H groups in total. The molecule has 0 radical (unpaired) electrons. The van der Waals surface area contributed by atoms with E-state index in [0.29, 0.717) is 6.04 Å². The van der Waals surface area contributed by atoms with Crippen LogP contribution in [-0.2, 0) is 0 Å². The molecule has 0 spiro atoms. The van der Waals surface area contributed by atoms with Gasteiger partial charge < -0.3 is 5.32 Å². The molecular weight excluding hydrogens is 221 g/mol. The SMILES string of the molecule is CNC(C)CCCCSc1cccc(F)c1. The maximum Gasteiger partial charge on any atom is 0.124 e. The number of unbranched alkanes of at least 4 members (excludes halogenated alkanes) is 1. The second kappa shape index (κ2) is 7.69. The Bertz CT molecular complexity index is 304. The highest BCUT2D eigenvalue weighted by molar-refractivity contribution is 7.99. The quantitative estimate of drug-likeness (QED) is 0.577. The van der Waals surface area contributed by atoms with E-state index in [1.165, 1.54) is 25.3 Å². The summed E-state index contributed by atoms with van der Waals surface area (Å²) in [6.07, 6.45) is 3.62. The van der Waals surface area contributed by atoms with Crippen molar-refractivity contribution in [2.75, 3.05) is 12.8 Å². The Balaban J connectivity index is 2.12. The normalized spacial score (nSPS) is 12.7. The summed E-state index contributed by atoms with van der Waals surface area (Å²) in [5.41, 5.74) is 0. The van der Waals surface area contributed by atoms with Gasteiger partial charge in [-0.2, -0.15) is 0 Å². The minimum atomic E-state index is -0.145. The lowest BCUT2D eigenvalue weighted by Crippen LogP contribution is -2.20. The Morgan fingerprint density at radius 1 is 1.38 bits per heavy atom. The third-order valence-electron chi connectivity index (χ3n) is 2.59. The molecule has 1 nitrogen and oxygen atoms in total. The molecule has 0 aromatic heterocycles. The number of hydrogen-bond donors (Lipinski definition) is 1. The molecular formula is C13H20FNS. The van der Waals surface area contributed by atoms with Crippen LogP contribution in [0.15, 0.2) is 29.2 Å². The maximum absolute atomic E-state index is 12.9. The van der Waals surface area contributed by atoms with Gasteiger partial charge in [0, 0.05) is 10.9 Å². The van der Waals surface area contributed by atoms with E-state index in [9.17, 15) is 4.39 Å². The molecule has 0 saturated heterocycles. The second-order valence-corrected chi connectivity index (χ2v) is 5.16. The van der Waals surface area contributed by atoms with E-state index in [1.807, 2.05) is 13.1 Å². The van der Waals surface area contributed by atoms with Crippen molar-refractivity contribution in [2.45, 2.75) is 37.1 Å². The molecule has 0 aliphatic rings. The standard InChI is InChI=1S/C13H20FNS/c1-11(15-2)6-3-4-9-16-13-8-5-7-12(14)10-13/h5,7-8,10-11,15H,3-4,6,9H2,1-2H3. The molecule has 0 saturated carbocycles. The first kappa shape index (κ1) is 13.5. The monoisotopic (exact) mass is 241 g/mol. The van der Waals surface area contributed by atoms with E-state index in [0.717, 1.165) is 10.6 Å². The Morgan fingerprint density at radius 2 is 2.19 bits per heavy atom. The molecule has 16 heavy (non-hydrogen) atoms. The molecule has 0 bridgehead atoms. The molecule has 1 unspecified atom stereocenters. The van der Waals surface area contributed by atoms with Gasteiger partial charge in [-0.05, 0) is 50.8 Å². The predicted octanol–water partition coefficient (Wildman–Crippen LogP) is 3.70. The average Bonchev–Trinajstić information content (AvgIpc) is 2.28. The lowest BCUT2D eigenvalue weighted by molar-refractivity contribution is 0.539. The summed E-state index contributed by atoms with van der Waals surface area (Å²) in [6.45, 7) is 2.19. The van der Waals surface area contributed by atoms with Crippen LogP contribution in [0.3, 0.4) is 0 Å². The molecule has 0 aliphatic carbocycles. The number of thioether (sulfide) groups is 1. The van der Waals surface area contributed by atoms with E-state index in [2.05, 4.69) is 12.2 Å². The zero-order valence-corrected chi connectivity index (χ0v) is 10.8. The minimum absolute atomic E-state index is 0.145. The van der Waals surface area contributed by atoms with Crippen molar-refractivity contribution < 1.29 is 4.39 Å². The van der Waals surface area contributed by atoms with E-state index >= 15 is 0 Å². The number of rotatable bonds is 7. The summed E-state index contributed by atoms with van der Waals surface area (Å²) in [7, 11) is 1.99.